The van der Waals surface area contributed by atoms with Gasteiger partial charge >= 0.3 is 12.1 Å². The molecule has 0 saturated heterocycles. The van der Waals surface area contributed by atoms with Crippen LogP contribution in [0.5, 0.6) is 0 Å². The van der Waals surface area contributed by atoms with Crippen molar-refractivity contribution >= 4 is 34.0 Å². The maximum atomic E-state index is 13.4. The molecule has 1 aromatic rings. The quantitative estimate of drug-likeness (QED) is 0.0499. The van der Waals surface area contributed by atoms with Gasteiger partial charge in [0.05, 0.1) is 18.7 Å². The van der Waals surface area contributed by atoms with Crippen molar-refractivity contribution in [1.29, 1.82) is 0 Å². The molecule has 4 aliphatic rings. The van der Waals surface area contributed by atoms with E-state index in [1.54, 1.807) is 0 Å². The van der Waals surface area contributed by atoms with Crippen LogP contribution in [0.25, 0.3) is 0 Å². The second kappa shape index (κ2) is 20.0. The van der Waals surface area contributed by atoms with Crippen LogP contribution in [0.1, 0.15) is 123 Å². The van der Waals surface area contributed by atoms with Crippen LogP contribution in [0.2, 0.25) is 0 Å². The van der Waals surface area contributed by atoms with Gasteiger partial charge in [0.25, 0.3) is 10.1 Å². The van der Waals surface area contributed by atoms with E-state index in [-0.39, 0.29) is 50.5 Å². The lowest BCUT2D eigenvalue weighted by molar-refractivity contribution is -0.145. The standard InChI is InChI=1S/C44H67N3O9S/c1-30(2)10-8-9-13-32-15-17-36-35-16-14-33-29-34(20-22-44(33,4)37(35)21-23-43(32,36)3)56-42(51)47-38(28-31-11-6-5-7-12-31)41(50)46-24-26-55-40(49)19-18-39(48)45-25-27-57(52,53)54/h5-7,11-12,14,30,32,34-38H,8-10,13,15-29H2,1-4H3,(H,45,48)(H,46,50)(H,47,51)(H,52,53,54)/t32?,34?,35?,36-,37-,38?,43?,44?/m0/s1. The molecule has 13 heteroatoms. The van der Waals surface area contributed by atoms with Crippen molar-refractivity contribution in [2.24, 2.45) is 40.4 Å². The normalized spacial score (nSPS) is 28.5. The molecule has 1 aromatic carbocycles. The van der Waals surface area contributed by atoms with Crippen LogP contribution in [-0.4, -0.2) is 74.4 Å². The molecule has 57 heavy (non-hydrogen) atoms. The first-order valence-electron chi connectivity index (χ1n) is 21.4. The zero-order valence-corrected chi connectivity index (χ0v) is 35.4. The van der Waals surface area contributed by atoms with E-state index < -0.39 is 45.8 Å². The smallest absolute Gasteiger partial charge is 0.408 e. The Morgan fingerprint density at radius 1 is 0.930 bits per heavy atom. The molecule has 4 N–H and O–H groups in total. The Morgan fingerprint density at radius 3 is 2.44 bits per heavy atom. The van der Waals surface area contributed by atoms with Gasteiger partial charge in [-0.1, -0.05) is 88.9 Å². The second-order valence-electron chi connectivity index (χ2n) is 18.1. The number of allylic oxidation sites excluding steroid dienone is 1. The molecule has 3 amide bonds. The zero-order valence-electron chi connectivity index (χ0n) is 34.6. The van der Waals surface area contributed by atoms with E-state index in [0.717, 1.165) is 54.9 Å². The fourth-order valence-electron chi connectivity index (χ4n) is 10.8. The van der Waals surface area contributed by atoms with Crippen molar-refractivity contribution in [1.82, 2.24) is 16.0 Å². The molecular weight excluding hydrogens is 747 g/mol. The molecule has 0 spiro atoms. The predicted octanol–water partition coefficient (Wildman–Crippen LogP) is 6.93. The van der Waals surface area contributed by atoms with E-state index >= 15 is 0 Å². The number of amides is 3. The third kappa shape index (κ3) is 12.3. The average molecular weight is 814 g/mol. The van der Waals surface area contributed by atoms with Gasteiger partial charge in [0.2, 0.25) is 11.8 Å². The zero-order chi connectivity index (χ0) is 41.2. The number of benzene rings is 1. The third-order valence-corrected chi connectivity index (χ3v) is 14.6. The fraction of sp³-hybridized carbons (Fsp3) is 0.727. The summed E-state index contributed by atoms with van der Waals surface area (Å²) in [4.78, 5) is 50.6. The van der Waals surface area contributed by atoms with Crippen LogP contribution < -0.4 is 16.0 Å². The highest BCUT2D eigenvalue weighted by Gasteiger charge is 2.58. The number of carbonyl (C=O) groups is 4. The first-order valence-corrected chi connectivity index (χ1v) is 23.0. The summed E-state index contributed by atoms with van der Waals surface area (Å²) in [5.74, 6) is 1.55. The first-order chi connectivity index (χ1) is 27.1. The summed E-state index contributed by atoms with van der Waals surface area (Å²) in [6, 6.07) is 8.45. The van der Waals surface area contributed by atoms with Gasteiger partial charge in [-0.05, 0) is 97.3 Å². The molecule has 6 unspecified atom stereocenters. The SMILES string of the molecule is CC(C)CCCCC1CC[C@H]2C3CC=C4CC(OC(=O)NC(Cc5ccccc5)C(=O)NCCOC(=O)CCC(=O)NCCS(=O)(=O)O)CCC4(C)[C@H]3CCC12C. The Kier molecular flexibility index (Phi) is 15.7. The highest BCUT2D eigenvalue weighted by atomic mass is 32.2. The monoisotopic (exact) mass is 813 g/mol. The number of ether oxygens (including phenoxy) is 2. The predicted molar refractivity (Wildman–Crippen MR) is 218 cm³/mol. The van der Waals surface area contributed by atoms with E-state index in [2.05, 4.69) is 49.7 Å². The van der Waals surface area contributed by atoms with Gasteiger partial charge in [0, 0.05) is 25.8 Å². The maximum absolute atomic E-state index is 13.4. The molecule has 8 atom stereocenters. The summed E-state index contributed by atoms with van der Waals surface area (Å²) in [6.45, 7) is 9.32. The lowest BCUT2D eigenvalue weighted by Crippen LogP contribution is -2.51. The molecule has 318 valence electrons. The highest BCUT2D eigenvalue weighted by molar-refractivity contribution is 7.85. The Labute approximate surface area is 340 Å². The van der Waals surface area contributed by atoms with Gasteiger partial charge in [-0.25, -0.2) is 4.79 Å². The van der Waals surface area contributed by atoms with Crippen molar-refractivity contribution in [3.63, 3.8) is 0 Å². The van der Waals surface area contributed by atoms with Gasteiger partial charge in [-0.15, -0.1) is 0 Å². The van der Waals surface area contributed by atoms with Crippen molar-refractivity contribution in [3.05, 3.63) is 47.5 Å². The Morgan fingerprint density at radius 2 is 1.70 bits per heavy atom. The number of carbonyl (C=O) groups excluding carboxylic acids is 4. The molecule has 0 radical (unpaired) electrons. The minimum atomic E-state index is -4.20. The highest BCUT2D eigenvalue weighted by Crippen LogP contribution is 2.66. The molecule has 12 nitrogen and oxygen atoms in total. The summed E-state index contributed by atoms with van der Waals surface area (Å²) < 4.78 is 41.4. The molecule has 0 aliphatic heterocycles. The number of esters is 1. The second-order valence-corrected chi connectivity index (χ2v) is 19.6. The van der Waals surface area contributed by atoms with Crippen LogP contribution in [-0.2, 0) is 40.4 Å². The number of rotatable bonds is 19. The molecule has 0 heterocycles. The lowest BCUT2D eigenvalue weighted by Gasteiger charge is -2.58. The molecule has 0 aromatic heterocycles. The van der Waals surface area contributed by atoms with Crippen molar-refractivity contribution < 1.29 is 41.6 Å². The largest absolute Gasteiger partial charge is 0.464 e. The first kappa shape index (κ1) is 44.6. The minimum Gasteiger partial charge on any atom is -0.464 e. The van der Waals surface area contributed by atoms with Crippen LogP contribution in [0.15, 0.2) is 42.0 Å². The summed E-state index contributed by atoms with van der Waals surface area (Å²) in [5.41, 5.74) is 2.89. The number of alkyl carbamates (subject to hydrolysis) is 1. The van der Waals surface area contributed by atoms with E-state index in [9.17, 15) is 27.6 Å². The Bertz CT molecular complexity index is 1680. The van der Waals surface area contributed by atoms with Gasteiger partial charge in [-0.2, -0.15) is 8.42 Å². The van der Waals surface area contributed by atoms with Gasteiger partial charge in [0.15, 0.2) is 0 Å². The van der Waals surface area contributed by atoms with Crippen molar-refractivity contribution in [3.8, 4) is 0 Å². The Hall–Kier alpha value is -3.45. The summed E-state index contributed by atoms with van der Waals surface area (Å²) in [5, 5.41) is 7.83. The molecule has 0 bridgehead atoms. The number of fused-ring (bicyclic) bond motifs is 5. The van der Waals surface area contributed by atoms with E-state index in [1.807, 2.05) is 30.3 Å². The minimum absolute atomic E-state index is 0.0103. The molecule has 4 aliphatic carbocycles. The summed E-state index contributed by atoms with van der Waals surface area (Å²) >= 11 is 0. The van der Waals surface area contributed by atoms with Gasteiger partial charge < -0.3 is 25.4 Å². The van der Waals surface area contributed by atoms with E-state index in [4.69, 9.17) is 14.0 Å². The van der Waals surface area contributed by atoms with Gasteiger partial charge in [0.1, 0.15) is 18.8 Å². The van der Waals surface area contributed by atoms with Crippen molar-refractivity contribution in [2.75, 3.05) is 25.4 Å². The maximum Gasteiger partial charge on any atom is 0.408 e. The molecule has 3 fully saturated rings. The summed E-state index contributed by atoms with van der Waals surface area (Å²) in [7, 11) is -4.20. The fourth-order valence-corrected chi connectivity index (χ4v) is 11.2. The number of nitrogens with one attached hydrogen (secondary N) is 3. The number of hydrogen-bond donors (Lipinski definition) is 4. The number of hydrogen-bond acceptors (Lipinski definition) is 8. The Balaban J connectivity index is 1.09. The van der Waals surface area contributed by atoms with Crippen LogP contribution in [0.4, 0.5) is 4.79 Å². The topological polar surface area (TPSA) is 177 Å². The van der Waals surface area contributed by atoms with Crippen LogP contribution >= 0.6 is 0 Å². The van der Waals surface area contributed by atoms with E-state index in [0.29, 0.717) is 11.3 Å². The average Bonchev–Trinajstić information content (AvgIpc) is 3.49. The van der Waals surface area contributed by atoms with E-state index in [1.165, 1.54) is 56.9 Å². The number of unbranched alkanes of at least 4 members (excludes halogenated alkanes) is 1. The van der Waals surface area contributed by atoms with Crippen molar-refractivity contribution in [2.45, 2.75) is 136 Å². The molecule has 3 saturated carbocycles. The van der Waals surface area contributed by atoms with Gasteiger partial charge in [-0.3, -0.25) is 18.9 Å². The third-order valence-electron chi connectivity index (χ3n) is 13.9. The molecule has 5 rings (SSSR count). The molecular formula is C44H67N3O9S. The van der Waals surface area contributed by atoms with Crippen LogP contribution in [0, 0.1) is 40.4 Å². The lowest BCUT2D eigenvalue weighted by atomic mass is 9.47. The summed E-state index contributed by atoms with van der Waals surface area (Å²) in [6.07, 6.45) is 15.8. The van der Waals surface area contributed by atoms with Crippen LogP contribution in [0.3, 0.4) is 0 Å².